The van der Waals surface area contributed by atoms with Gasteiger partial charge in [-0.1, -0.05) is 179 Å². The SMILES string of the molecule is CCCCCC/C=C\C/C=C\CCCCCCCC(=O)OC(CO)COP(=O)(O)OCC(CO)OC(=O)CCCCCCCCCCCCCCCCCCC. The Morgan fingerprint density at radius 2 is 0.786 bits per heavy atom. The van der Waals surface area contributed by atoms with E-state index in [1.165, 1.54) is 116 Å². The van der Waals surface area contributed by atoms with Crippen molar-refractivity contribution in [3.8, 4) is 0 Å². The number of hydrogen-bond donors (Lipinski definition) is 3. The minimum Gasteiger partial charge on any atom is -0.457 e. The van der Waals surface area contributed by atoms with E-state index in [1.807, 2.05) is 0 Å². The second-order valence-corrected chi connectivity index (χ2v) is 16.8. The third kappa shape index (κ3) is 39.3. The van der Waals surface area contributed by atoms with Crippen LogP contribution in [-0.2, 0) is 32.7 Å². The number of ether oxygens (including phenoxy) is 2. The zero-order chi connectivity index (χ0) is 41.2. The Balaban J connectivity index is 3.90. The minimum absolute atomic E-state index is 0.178. The van der Waals surface area contributed by atoms with Crippen LogP contribution in [0.2, 0.25) is 0 Å². The van der Waals surface area contributed by atoms with Crippen LogP contribution in [0.3, 0.4) is 0 Å². The van der Waals surface area contributed by atoms with Crippen LogP contribution >= 0.6 is 7.82 Å². The summed E-state index contributed by atoms with van der Waals surface area (Å²) in [5.41, 5.74) is 0. The number of aliphatic hydroxyl groups excluding tert-OH is 2. The summed E-state index contributed by atoms with van der Waals surface area (Å²) >= 11 is 0. The summed E-state index contributed by atoms with van der Waals surface area (Å²) in [5.74, 6) is -1.02. The summed E-state index contributed by atoms with van der Waals surface area (Å²) in [6.45, 7) is 2.20. The lowest BCUT2D eigenvalue weighted by molar-refractivity contribution is -0.153. The molecule has 0 aliphatic rings. The van der Waals surface area contributed by atoms with Gasteiger partial charge in [-0.05, 0) is 44.9 Å². The number of aliphatic hydroxyl groups is 2. The fourth-order valence-electron chi connectivity index (χ4n) is 6.38. The van der Waals surface area contributed by atoms with Crippen molar-refractivity contribution in [2.75, 3.05) is 26.4 Å². The van der Waals surface area contributed by atoms with Crippen molar-refractivity contribution >= 4 is 19.8 Å². The van der Waals surface area contributed by atoms with Crippen molar-refractivity contribution in [3.05, 3.63) is 24.3 Å². The van der Waals surface area contributed by atoms with E-state index >= 15 is 0 Å². The largest absolute Gasteiger partial charge is 0.472 e. The van der Waals surface area contributed by atoms with E-state index in [1.54, 1.807) is 0 Å². The highest BCUT2D eigenvalue weighted by molar-refractivity contribution is 7.47. The molecular weight excluding hydrogens is 731 g/mol. The maximum absolute atomic E-state index is 12.4. The Kier molecular flexibility index (Phi) is 40.5. The van der Waals surface area contributed by atoms with Crippen LogP contribution in [0.25, 0.3) is 0 Å². The number of phosphoric acid groups is 1. The molecule has 11 heteroatoms. The number of esters is 2. The molecular formula is C45H85O10P. The Morgan fingerprint density at radius 3 is 1.12 bits per heavy atom. The molecule has 0 heterocycles. The van der Waals surface area contributed by atoms with Gasteiger partial charge in [0.1, 0.15) is 12.2 Å². The second-order valence-electron chi connectivity index (χ2n) is 15.4. The van der Waals surface area contributed by atoms with Gasteiger partial charge in [0.25, 0.3) is 0 Å². The van der Waals surface area contributed by atoms with Gasteiger partial charge in [-0.3, -0.25) is 18.6 Å². The summed E-state index contributed by atoms with van der Waals surface area (Å²) in [6.07, 6.45) is 41.4. The van der Waals surface area contributed by atoms with Gasteiger partial charge in [0.2, 0.25) is 0 Å². The highest BCUT2D eigenvalue weighted by Crippen LogP contribution is 2.43. The Labute approximate surface area is 342 Å². The molecule has 3 atom stereocenters. The molecule has 3 N–H and O–H groups in total. The van der Waals surface area contributed by atoms with Crippen molar-refractivity contribution < 1.29 is 47.8 Å². The molecule has 0 aromatic carbocycles. The van der Waals surface area contributed by atoms with Crippen molar-refractivity contribution in [1.29, 1.82) is 0 Å². The molecule has 0 aromatic heterocycles. The van der Waals surface area contributed by atoms with Gasteiger partial charge in [0.05, 0.1) is 26.4 Å². The monoisotopic (exact) mass is 817 g/mol. The first kappa shape index (κ1) is 54.5. The first-order valence-corrected chi connectivity index (χ1v) is 24.3. The molecule has 0 aromatic rings. The van der Waals surface area contributed by atoms with Gasteiger partial charge in [-0.15, -0.1) is 0 Å². The van der Waals surface area contributed by atoms with Crippen LogP contribution in [0, 0.1) is 0 Å². The zero-order valence-electron chi connectivity index (χ0n) is 35.9. The Morgan fingerprint density at radius 1 is 0.482 bits per heavy atom. The second kappa shape index (κ2) is 41.6. The predicted molar refractivity (Wildman–Crippen MR) is 228 cm³/mol. The van der Waals surface area contributed by atoms with E-state index in [0.717, 1.165) is 57.8 Å². The molecule has 0 rings (SSSR count). The van der Waals surface area contributed by atoms with E-state index in [4.69, 9.17) is 18.5 Å². The van der Waals surface area contributed by atoms with Gasteiger partial charge in [0, 0.05) is 12.8 Å². The summed E-state index contributed by atoms with van der Waals surface area (Å²) in [5, 5.41) is 19.2. The lowest BCUT2D eigenvalue weighted by atomic mass is 10.0. The highest BCUT2D eigenvalue weighted by Gasteiger charge is 2.27. The van der Waals surface area contributed by atoms with E-state index in [0.29, 0.717) is 12.8 Å². The fraction of sp³-hybridized carbons (Fsp3) is 0.867. The molecule has 56 heavy (non-hydrogen) atoms. The molecule has 0 saturated heterocycles. The predicted octanol–water partition coefficient (Wildman–Crippen LogP) is 12.2. The molecule has 0 fully saturated rings. The summed E-state index contributed by atoms with van der Waals surface area (Å²) < 4.78 is 32.6. The molecule has 0 aliphatic carbocycles. The van der Waals surface area contributed by atoms with Gasteiger partial charge < -0.3 is 24.6 Å². The Bertz CT molecular complexity index is 988. The van der Waals surface area contributed by atoms with Crippen LogP contribution in [0.5, 0.6) is 0 Å². The lowest BCUT2D eigenvalue weighted by Gasteiger charge is -2.20. The summed E-state index contributed by atoms with van der Waals surface area (Å²) in [4.78, 5) is 34.5. The van der Waals surface area contributed by atoms with E-state index < -0.39 is 58.4 Å². The van der Waals surface area contributed by atoms with E-state index in [2.05, 4.69) is 38.2 Å². The number of carbonyl (C=O) groups excluding carboxylic acids is 2. The first-order valence-electron chi connectivity index (χ1n) is 22.8. The van der Waals surface area contributed by atoms with Gasteiger partial charge in [-0.2, -0.15) is 0 Å². The number of unbranched alkanes of at least 4 members (excludes halogenated alkanes) is 25. The molecule has 0 saturated carbocycles. The molecule has 10 nitrogen and oxygen atoms in total. The van der Waals surface area contributed by atoms with Crippen LogP contribution < -0.4 is 0 Å². The Hall–Kier alpha value is -1.55. The standard InChI is InChI=1S/C45H85O10P/c1-3-5-7-9-11-13-15-17-19-21-23-25-27-29-31-33-35-37-45(49)55-43(39-47)41-53-56(50,51)52-40-42(38-46)54-44(48)36-34-32-30-28-26-24-22-20-18-16-14-12-10-8-6-4-2/h14,16,20,22,42-43,46-47H,3-13,15,17-19,21,23-41H2,1-2H3,(H,50,51)/b16-14-,22-20-. The van der Waals surface area contributed by atoms with Crippen molar-refractivity contribution in [2.45, 2.75) is 225 Å². The molecule has 3 unspecified atom stereocenters. The quantitative estimate of drug-likeness (QED) is 0.0235. The number of carbonyl (C=O) groups is 2. The van der Waals surface area contributed by atoms with Gasteiger partial charge in [0.15, 0.2) is 0 Å². The third-order valence-electron chi connectivity index (χ3n) is 9.92. The maximum Gasteiger partial charge on any atom is 0.472 e. The molecule has 0 amide bonds. The van der Waals surface area contributed by atoms with Crippen LogP contribution in [0.4, 0.5) is 0 Å². The maximum atomic E-state index is 12.4. The first-order chi connectivity index (χ1) is 27.3. The smallest absolute Gasteiger partial charge is 0.457 e. The van der Waals surface area contributed by atoms with Gasteiger partial charge in [-0.25, -0.2) is 4.57 Å². The average molecular weight is 817 g/mol. The number of rotatable bonds is 43. The van der Waals surface area contributed by atoms with Gasteiger partial charge >= 0.3 is 19.8 Å². The number of hydrogen-bond acceptors (Lipinski definition) is 9. The zero-order valence-corrected chi connectivity index (χ0v) is 36.8. The fourth-order valence-corrected chi connectivity index (χ4v) is 7.17. The van der Waals surface area contributed by atoms with E-state index in [9.17, 15) is 29.3 Å². The molecule has 0 spiro atoms. The third-order valence-corrected chi connectivity index (χ3v) is 10.9. The molecule has 330 valence electrons. The summed E-state index contributed by atoms with van der Waals surface area (Å²) in [7, 11) is -4.64. The highest BCUT2D eigenvalue weighted by atomic mass is 31.2. The van der Waals surface area contributed by atoms with Crippen molar-refractivity contribution in [2.24, 2.45) is 0 Å². The minimum atomic E-state index is -4.64. The summed E-state index contributed by atoms with van der Waals surface area (Å²) in [6, 6.07) is 0. The molecule has 0 bridgehead atoms. The normalized spacial score (nSPS) is 14.0. The molecule has 0 aliphatic heterocycles. The van der Waals surface area contributed by atoms with Crippen LogP contribution in [0.15, 0.2) is 24.3 Å². The van der Waals surface area contributed by atoms with Crippen molar-refractivity contribution in [3.63, 3.8) is 0 Å². The lowest BCUT2D eigenvalue weighted by Crippen LogP contribution is -2.28. The van der Waals surface area contributed by atoms with E-state index in [-0.39, 0.29) is 12.8 Å². The van der Waals surface area contributed by atoms with Crippen LogP contribution in [0.1, 0.15) is 213 Å². The molecule has 0 radical (unpaired) electrons. The average Bonchev–Trinajstić information content (AvgIpc) is 3.19. The van der Waals surface area contributed by atoms with Crippen LogP contribution in [-0.4, -0.2) is 65.7 Å². The van der Waals surface area contributed by atoms with Crippen molar-refractivity contribution in [1.82, 2.24) is 0 Å². The number of phosphoric ester groups is 1. The number of allylic oxidation sites excluding steroid dienone is 4. The topological polar surface area (TPSA) is 149 Å².